The summed E-state index contributed by atoms with van der Waals surface area (Å²) in [7, 11) is -2.90. The van der Waals surface area contributed by atoms with Crippen molar-refractivity contribution in [2.24, 2.45) is 5.92 Å². The number of hydrogen-bond donors (Lipinski definition) is 1. The third-order valence-electron chi connectivity index (χ3n) is 3.40. The molecule has 1 saturated heterocycles. The Morgan fingerprint density at radius 3 is 2.79 bits per heavy atom. The largest absolute Gasteiger partial charge is 0.393 e. The second-order valence-electron chi connectivity index (χ2n) is 5.10. The summed E-state index contributed by atoms with van der Waals surface area (Å²) in [5, 5.41) is 10.0. The topological polar surface area (TPSA) is 54.4 Å². The predicted molar refractivity (Wildman–Crippen MR) is 75.2 cm³/mol. The maximum absolute atomic E-state index is 12.9. The van der Waals surface area contributed by atoms with Crippen LogP contribution in [0, 0.1) is 11.7 Å². The van der Waals surface area contributed by atoms with Gasteiger partial charge in [0.15, 0.2) is 9.84 Å². The monoisotopic (exact) mass is 350 g/mol. The Bertz CT molecular complexity index is 559. The van der Waals surface area contributed by atoms with Crippen LogP contribution in [0.2, 0.25) is 0 Å². The maximum Gasteiger partial charge on any atom is 0.150 e. The van der Waals surface area contributed by atoms with Crippen LogP contribution in [0.3, 0.4) is 0 Å². The van der Waals surface area contributed by atoms with Gasteiger partial charge in [0.2, 0.25) is 0 Å². The standard InChI is InChI=1S/C13H16BrFO3S/c14-13-7-11(15)2-1-10(13)6-12(16)5-9-3-4-19(17,18)8-9/h1-2,7,9,12,16H,3-6,8H2. The van der Waals surface area contributed by atoms with Crippen molar-refractivity contribution in [1.29, 1.82) is 0 Å². The molecular weight excluding hydrogens is 335 g/mol. The lowest BCUT2D eigenvalue weighted by atomic mass is 9.97. The average Bonchev–Trinajstić information content (AvgIpc) is 2.62. The second kappa shape index (κ2) is 5.89. The quantitative estimate of drug-likeness (QED) is 0.906. The van der Waals surface area contributed by atoms with E-state index in [0.717, 1.165) is 5.56 Å². The first-order valence-corrected chi connectivity index (χ1v) is 8.79. The molecule has 1 aliphatic heterocycles. The van der Waals surface area contributed by atoms with E-state index in [1.54, 1.807) is 6.07 Å². The molecular formula is C13H16BrFO3S. The molecule has 2 atom stereocenters. The molecule has 0 saturated carbocycles. The van der Waals surface area contributed by atoms with Gasteiger partial charge >= 0.3 is 0 Å². The van der Waals surface area contributed by atoms with Gasteiger partial charge in [0.25, 0.3) is 0 Å². The van der Waals surface area contributed by atoms with Gasteiger partial charge in [-0.25, -0.2) is 12.8 Å². The van der Waals surface area contributed by atoms with Gasteiger partial charge < -0.3 is 5.11 Å². The van der Waals surface area contributed by atoms with Gasteiger partial charge in [-0.15, -0.1) is 0 Å². The molecule has 2 rings (SSSR count). The van der Waals surface area contributed by atoms with E-state index in [1.807, 2.05) is 0 Å². The average molecular weight is 351 g/mol. The first kappa shape index (κ1) is 14.9. The third-order valence-corrected chi connectivity index (χ3v) is 5.98. The molecule has 0 bridgehead atoms. The van der Waals surface area contributed by atoms with Gasteiger partial charge in [0.1, 0.15) is 5.82 Å². The van der Waals surface area contributed by atoms with E-state index in [2.05, 4.69) is 15.9 Å². The molecule has 1 heterocycles. The summed E-state index contributed by atoms with van der Waals surface area (Å²) in [6.45, 7) is 0. The van der Waals surface area contributed by atoms with Gasteiger partial charge in [0.05, 0.1) is 17.6 Å². The van der Waals surface area contributed by atoms with E-state index >= 15 is 0 Å². The first-order valence-electron chi connectivity index (χ1n) is 6.18. The number of aliphatic hydroxyl groups excluding tert-OH is 1. The van der Waals surface area contributed by atoms with E-state index < -0.39 is 15.9 Å². The summed E-state index contributed by atoms with van der Waals surface area (Å²) >= 11 is 3.26. The van der Waals surface area contributed by atoms with Gasteiger partial charge in [-0.2, -0.15) is 0 Å². The Kier molecular flexibility index (Phi) is 4.63. The van der Waals surface area contributed by atoms with Crippen LogP contribution in [0.25, 0.3) is 0 Å². The van der Waals surface area contributed by atoms with Gasteiger partial charge in [-0.05, 0) is 42.9 Å². The van der Waals surface area contributed by atoms with E-state index in [9.17, 15) is 17.9 Å². The maximum atomic E-state index is 12.9. The van der Waals surface area contributed by atoms with E-state index in [-0.39, 0.29) is 23.2 Å². The van der Waals surface area contributed by atoms with Crippen LogP contribution in [0.15, 0.2) is 22.7 Å². The number of halogens is 2. The molecule has 1 fully saturated rings. The second-order valence-corrected chi connectivity index (χ2v) is 8.18. The Labute approximate surface area is 120 Å². The molecule has 1 aliphatic rings. The van der Waals surface area contributed by atoms with Crippen LogP contribution in [0.1, 0.15) is 18.4 Å². The van der Waals surface area contributed by atoms with Crippen LogP contribution < -0.4 is 0 Å². The zero-order chi connectivity index (χ0) is 14.0. The van der Waals surface area contributed by atoms with Crippen molar-refractivity contribution in [3.8, 4) is 0 Å². The summed E-state index contributed by atoms with van der Waals surface area (Å²) in [4.78, 5) is 0. The lowest BCUT2D eigenvalue weighted by Gasteiger charge is -2.15. The fourth-order valence-electron chi connectivity index (χ4n) is 2.47. The van der Waals surface area contributed by atoms with Crippen molar-refractivity contribution in [2.75, 3.05) is 11.5 Å². The smallest absolute Gasteiger partial charge is 0.150 e. The Hall–Kier alpha value is -0.460. The van der Waals surface area contributed by atoms with E-state index in [0.29, 0.717) is 23.7 Å². The minimum absolute atomic E-state index is 0.0409. The fraction of sp³-hybridized carbons (Fsp3) is 0.538. The molecule has 0 aliphatic carbocycles. The molecule has 2 unspecified atom stereocenters. The summed E-state index contributed by atoms with van der Waals surface area (Å²) in [6, 6.07) is 4.35. The van der Waals surface area contributed by atoms with Crippen LogP contribution in [-0.4, -0.2) is 31.1 Å². The predicted octanol–water partition coefficient (Wildman–Crippen LogP) is 2.32. The number of aliphatic hydroxyl groups is 1. The van der Waals surface area contributed by atoms with Crippen LogP contribution >= 0.6 is 15.9 Å². The Balaban J connectivity index is 1.93. The number of benzene rings is 1. The summed E-state index contributed by atoms with van der Waals surface area (Å²) in [5.41, 5.74) is 0.828. The van der Waals surface area contributed by atoms with Crippen LogP contribution in [0.4, 0.5) is 4.39 Å². The summed E-state index contributed by atoms with van der Waals surface area (Å²) in [6.07, 6.45) is 0.907. The normalized spacial score (nSPS) is 23.4. The molecule has 0 aromatic heterocycles. The van der Waals surface area contributed by atoms with Crippen LogP contribution in [0.5, 0.6) is 0 Å². The molecule has 3 nitrogen and oxygen atoms in total. The zero-order valence-corrected chi connectivity index (χ0v) is 12.8. The summed E-state index contributed by atoms with van der Waals surface area (Å²) < 4.78 is 36.3. The zero-order valence-electron chi connectivity index (χ0n) is 10.4. The van der Waals surface area contributed by atoms with Gasteiger partial charge in [0, 0.05) is 4.47 Å². The third kappa shape index (κ3) is 4.26. The molecule has 6 heteroatoms. The van der Waals surface area contributed by atoms with Crippen molar-refractivity contribution in [3.05, 3.63) is 34.1 Å². The molecule has 106 valence electrons. The molecule has 0 spiro atoms. The molecule has 19 heavy (non-hydrogen) atoms. The van der Waals surface area contributed by atoms with E-state index in [1.165, 1.54) is 12.1 Å². The van der Waals surface area contributed by atoms with Crippen molar-refractivity contribution in [1.82, 2.24) is 0 Å². The number of hydrogen-bond acceptors (Lipinski definition) is 3. The molecule has 0 amide bonds. The molecule has 1 aromatic rings. The van der Waals surface area contributed by atoms with Crippen molar-refractivity contribution < 1.29 is 17.9 Å². The highest BCUT2D eigenvalue weighted by Crippen LogP contribution is 2.26. The van der Waals surface area contributed by atoms with Crippen LogP contribution in [-0.2, 0) is 16.3 Å². The Morgan fingerprint density at radius 1 is 1.47 bits per heavy atom. The van der Waals surface area contributed by atoms with Gasteiger partial charge in [-0.3, -0.25) is 0 Å². The lowest BCUT2D eigenvalue weighted by Crippen LogP contribution is -2.17. The minimum atomic E-state index is -2.90. The highest BCUT2D eigenvalue weighted by molar-refractivity contribution is 9.10. The number of sulfone groups is 1. The number of rotatable bonds is 4. The van der Waals surface area contributed by atoms with Crippen molar-refractivity contribution in [3.63, 3.8) is 0 Å². The fourth-order valence-corrected chi connectivity index (χ4v) is 4.86. The molecule has 0 radical (unpaired) electrons. The molecule has 1 N–H and O–H groups in total. The van der Waals surface area contributed by atoms with Crippen molar-refractivity contribution >= 4 is 25.8 Å². The molecule has 1 aromatic carbocycles. The van der Waals surface area contributed by atoms with Crippen molar-refractivity contribution in [2.45, 2.75) is 25.4 Å². The highest BCUT2D eigenvalue weighted by Gasteiger charge is 2.29. The summed E-state index contributed by atoms with van der Waals surface area (Å²) in [5.74, 6) is 0.116. The SMILES string of the molecule is O=S1(=O)CCC(CC(O)Cc2ccc(F)cc2Br)C1. The Morgan fingerprint density at radius 2 is 2.21 bits per heavy atom. The lowest BCUT2D eigenvalue weighted by molar-refractivity contribution is 0.146. The minimum Gasteiger partial charge on any atom is -0.393 e. The first-order chi connectivity index (χ1) is 8.85. The van der Waals surface area contributed by atoms with Gasteiger partial charge in [-0.1, -0.05) is 22.0 Å². The van der Waals surface area contributed by atoms with E-state index in [4.69, 9.17) is 0 Å². The highest BCUT2D eigenvalue weighted by atomic mass is 79.9.